The van der Waals surface area contributed by atoms with Crippen molar-refractivity contribution in [2.75, 3.05) is 7.05 Å². The number of rotatable bonds is 2. The van der Waals surface area contributed by atoms with Gasteiger partial charge in [0, 0.05) is 6.20 Å². The van der Waals surface area contributed by atoms with E-state index in [1.165, 1.54) is 6.20 Å². The van der Waals surface area contributed by atoms with Crippen LogP contribution in [-0.2, 0) is 0 Å². The summed E-state index contributed by atoms with van der Waals surface area (Å²) in [4.78, 5) is 3.89. The minimum absolute atomic E-state index is 0.488. The van der Waals surface area contributed by atoms with E-state index in [4.69, 9.17) is 5.26 Å². The van der Waals surface area contributed by atoms with Gasteiger partial charge in [-0.05, 0) is 19.2 Å². The van der Waals surface area contributed by atoms with Gasteiger partial charge in [-0.3, -0.25) is 10.3 Å². The van der Waals surface area contributed by atoms with Gasteiger partial charge >= 0.3 is 0 Å². The molecule has 2 N–H and O–H groups in total. The highest BCUT2D eigenvalue weighted by molar-refractivity contribution is 5.26. The lowest BCUT2D eigenvalue weighted by atomic mass is 10.2. The van der Waals surface area contributed by atoms with Crippen molar-refractivity contribution in [3.05, 3.63) is 29.6 Å². The van der Waals surface area contributed by atoms with Crippen molar-refractivity contribution in [1.29, 1.82) is 5.26 Å². The number of aliphatic hydroxyl groups is 1. The molecule has 0 saturated carbocycles. The molecule has 1 aromatic rings. The molecule has 0 amide bonds. The van der Waals surface area contributed by atoms with Crippen LogP contribution in [0.1, 0.15) is 17.5 Å². The molecule has 1 aromatic heterocycles. The zero-order valence-electron chi connectivity index (χ0n) is 6.65. The van der Waals surface area contributed by atoms with Gasteiger partial charge in [0.15, 0.2) is 0 Å². The first-order valence-corrected chi connectivity index (χ1v) is 3.49. The van der Waals surface area contributed by atoms with E-state index in [0.717, 1.165) is 0 Å². The number of nitrogens with zero attached hydrogens (tertiary/aromatic N) is 2. The third kappa shape index (κ3) is 1.78. The maximum absolute atomic E-state index is 9.24. The molecule has 0 aliphatic heterocycles. The molecule has 1 rings (SSSR count). The number of hydrogen-bond acceptors (Lipinski definition) is 4. The van der Waals surface area contributed by atoms with Gasteiger partial charge in [-0.25, -0.2) is 0 Å². The van der Waals surface area contributed by atoms with E-state index in [1.54, 1.807) is 19.2 Å². The maximum atomic E-state index is 9.24. The summed E-state index contributed by atoms with van der Waals surface area (Å²) in [6.07, 6.45) is 0.661. The van der Waals surface area contributed by atoms with Gasteiger partial charge in [0.1, 0.15) is 12.3 Å². The van der Waals surface area contributed by atoms with Crippen LogP contribution in [0.2, 0.25) is 0 Å². The third-order valence-corrected chi connectivity index (χ3v) is 1.47. The quantitative estimate of drug-likeness (QED) is 0.609. The van der Waals surface area contributed by atoms with Crippen molar-refractivity contribution >= 4 is 0 Å². The topological polar surface area (TPSA) is 68.9 Å². The van der Waals surface area contributed by atoms with E-state index in [-0.39, 0.29) is 0 Å². The smallest absolute Gasteiger partial charge is 0.147 e. The zero-order valence-corrected chi connectivity index (χ0v) is 6.65. The molecule has 4 nitrogen and oxygen atoms in total. The number of pyridine rings is 1. The SMILES string of the molecule is CNC(O)c1ccc(C#N)cn1. The van der Waals surface area contributed by atoms with Crippen LogP contribution in [0, 0.1) is 11.3 Å². The second-order valence-corrected chi connectivity index (χ2v) is 2.27. The molecule has 12 heavy (non-hydrogen) atoms. The summed E-state index contributed by atoms with van der Waals surface area (Å²) in [5, 5.41) is 20.3. The first-order valence-electron chi connectivity index (χ1n) is 3.49. The molecule has 0 aromatic carbocycles. The van der Waals surface area contributed by atoms with E-state index in [9.17, 15) is 5.11 Å². The van der Waals surface area contributed by atoms with Crippen molar-refractivity contribution in [2.24, 2.45) is 0 Å². The van der Waals surface area contributed by atoms with Crippen molar-refractivity contribution < 1.29 is 5.11 Å². The van der Waals surface area contributed by atoms with Crippen LogP contribution in [0.4, 0.5) is 0 Å². The average molecular weight is 163 g/mol. The maximum Gasteiger partial charge on any atom is 0.147 e. The summed E-state index contributed by atoms with van der Waals surface area (Å²) < 4.78 is 0. The lowest BCUT2D eigenvalue weighted by Crippen LogP contribution is -2.16. The number of aliphatic hydroxyl groups excluding tert-OH is 1. The van der Waals surface area contributed by atoms with Crippen molar-refractivity contribution in [2.45, 2.75) is 6.23 Å². The highest BCUT2D eigenvalue weighted by Crippen LogP contribution is 2.05. The van der Waals surface area contributed by atoms with Crippen LogP contribution < -0.4 is 5.32 Å². The number of hydrogen-bond donors (Lipinski definition) is 2. The predicted molar refractivity (Wildman–Crippen MR) is 43.0 cm³/mol. The van der Waals surface area contributed by atoms with Gasteiger partial charge in [-0.1, -0.05) is 0 Å². The third-order valence-electron chi connectivity index (χ3n) is 1.47. The molecule has 0 radical (unpaired) electrons. The highest BCUT2D eigenvalue weighted by atomic mass is 16.3. The van der Waals surface area contributed by atoms with Gasteiger partial charge in [-0.2, -0.15) is 5.26 Å². The summed E-state index contributed by atoms with van der Waals surface area (Å²) >= 11 is 0. The Labute approximate surface area is 70.5 Å². The number of aromatic nitrogens is 1. The largest absolute Gasteiger partial charge is 0.373 e. The van der Waals surface area contributed by atoms with Crippen LogP contribution in [0.3, 0.4) is 0 Å². The van der Waals surface area contributed by atoms with Crippen LogP contribution in [0.15, 0.2) is 18.3 Å². The Hall–Kier alpha value is -1.44. The Balaban J connectivity index is 2.86. The van der Waals surface area contributed by atoms with Gasteiger partial charge in [-0.15, -0.1) is 0 Å². The molecular weight excluding hydrogens is 154 g/mol. The molecule has 1 heterocycles. The standard InChI is InChI=1S/C8H9N3O/c1-10-8(12)7-3-2-6(4-9)5-11-7/h2-3,5,8,10,12H,1H3. The van der Waals surface area contributed by atoms with Crippen LogP contribution in [0.25, 0.3) is 0 Å². The molecule has 0 aliphatic rings. The van der Waals surface area contributed by atoms with Crippen molar-refractivity contribution in [3.63, 3.8) is 0 Å². The van der Waals surface area contributed by atoms with Crippen molar-refractivity contribution in [1.82, 2.24) is 10.3 Å². The van der Waals surface area contributed by atoms with E-state index in [1.807, 2.05) is 6.07 Å². The summed E-state index contributed by atoms with van der Waals surface area (Å²) in [6.45, 7) is 0. The Morgan fingerprint density at radius 3 is 2.83 bits per heavy atom. The molecule has 4 heteroatoms. The Kier molecular flexibility index (Phi) is 2.75. The van der Waals surface area contributed by atoms with Gasteiger partial charge in [0.2, 0.25) is 0 Å². The van der Waals surface area contributed by atoms with Crippen LogP contribution in [-0.4, -0.2) is 17.1 Å². The average Bonchev–Trinajstić information content (AvgIpc) is 2.17. The summed E-state index contributed by atoms with van der Waals surface area (Å²) in [6, 6.07) is 5.17. The Morgan fingerprint density at radius 2 is 2.42 bits per heavy atom. The van der Waals surface area contributed by atoms with E-state index in [2.05, 4.69) is 10.3 Å². The second-order valence-electron chi connectivity index (χ2n) is 2.27. The van der Waals surface area contributed by atoms with Crippen LogP contribution in [0.5, 0.6) is 0 Å². The monoisotopic (exact) mass is 163 g/mol. The minimum atomic E-state index is -0.766. The molecule has 0 spiro atoms. The number of nitrogens with one attached hydrogen (secondary N) is 1. The fourth-order valence-corrected chi connectivity index (χ4v) is 0.781. The zero-order chi connectivity index (χ0) is 8.97. The fraction of sp³-hybridized carbons (Fsp3) is 0.250. The molecule has 1 unspecified atom stereocenters. The molecule has 0 aliphatic carbocycles. The summed E-state index contributed by atoms with van der Waals surface area (Å²) in [5.74, 6) is 0. The van der Waals surface area contributed by atoms with Gasteiger partial charge in [0.25, 0.3) is 0 Å². The first kappa shape index (κ1) is 8.65. The molecular formula is C8H9N3O. The second kappa shape index (κ2) is 3.81. The van der Waals surface area contributed by atoms with Gasteiger partial charge in [0.05, 0.1) is 11.3 Å². The lowest BCUT2D eigenvalue weighted by Gasteiger charge is -2.06. The number of nitriles is 1. The van der Waals surface area contributed by atoms with E-state index in [0.29, 0.717) is 11.3 Å². The summed E-state index contributed by atoms with van der Waals surface area (Å²) in [5.41, 5.74) is 0.999. The highest BCUT2D eigenvalue weighted by Gasteiger charge is 2.04. The minimum Gasteiger partial charge on any atom is -0.373 e. The molecule has 0 fully saturated rings. The Bertz CT molecular complexity index is 288. The normalized spacial score (nSPS) is 12.1. The van der Waals surface area contributed by atoms with Crippen LogP contribution >= 0.6 is 0 Å². The molecule has 62 valence electrons. The molecule has 1 atom stereocenters. The Morgan fingerprint density at radius 1 is 1.67 bits per heavy atom. The first-order chi connectivity index (χ1) is 5.77. The van der Waals surface area contributed by atoms with E-state index >= 15 is 0 Å². The van der Waals surface area contributed by atoms with E-state index < -0.39 is 6.23 Å². The van der Waals surface area contributed by atoms with Gasteiger partial charge < -0.3 is 5.11 Å². The molecule has 0 bridgehead atoms. The fourth-order valence-electron chi connectivity index (χ4n) is 0.781. The summed E-state index contributed by atoms with van der Waals surface area (Å²) in [7, 11) is 1.63. The van der Waals surface area contributed by atoms with Crippen molar-refractivity contribution in [3.8, 4) is 6.07 Å². The predicted octanol–water partition coefficient (Wildman–Crippen LogP) is 0.164. The lowest BCUT2D eigenvalue weighted by molar-refractivity contribution is 0.144. The molecule has 0 saturated heterocycles.